The molecule has 1 atom stereocenters. The fraction of sp³-hybridized carbons (Fsp3) is 0.400. The Labute approximate surface area is 87.4 Å². The van der Waals surface area contributed by atoms with Crippen LogP contribution in [0.1, 0.15) is 11.6 Å². The minimum atomic E-state index is -0.477. The highest BCUT2D eigenvalue weighted by Gasteiger charge is 2.20. The average Bonchev–Trinajstić information content (AvgIpc) is 2.73. The SMILES string of the molecule is COc1cc2c(cc1[C@H](N)CO)OCO2. The molecule has 0 radical (unpaired) electrons. The van der Waals surface area contributed by atoms with E-state index in [2.05, 4.69) is 0 Å². The lowest BCUT2D eigenvalue weighted by atomic mass is 10.1. The molecule has 0 aromatic heterocycles. The first-order chi connectivity index (χ1) is 7.26. The largest absolute Gasteiger partial charge is 0.496 e. The van der Waals surface area contributed by atoms with Crippen molar-refractivity contribution >= 4 is 0 Å². The number of aliphatic hydroxyl groups is 1. The Morgan fingerprint density at radius 2 is 2.13 bits per heavy atom. The van der Waals surface area contributed by atoms with Gasteiger partial charge in [0.15, 0.2) is 11.5 Å². The minimum Gasteiger partial charge on any atom is -0.496 e. The maximum atomic E-state index is 9.00. The Kier molecular flexibility index (Phi) is 2.66. The van der Waals surface area contributed by atoms with Gasteiger partial charge in [0.05, 0.1) is 19.8 Å². The molecule has 1 heterocycles. The second-order valence-corrected chi connectivity index (χ2v) is 3.24. The molecule has 5 nitrogen and oxygen atoms in total. The van der Waals surface area contributed by atoms with Crippen LogP contribution in [-0.4, -0.2) is 25.6 Å². The predicted octanol–water partition coefficient (Wildman–Crippen LogP) is 0.416. The van der Waals surface area contributed by atoms with Crippen LogP contribution in [0, 0.1) is 0 Å². The standard InChI is InChI=1S/C10H13NO4/c1-13-8-3-10-9(14-5-15-10)2-6(8)7(11)4-12/h2-3,7,12H,4-5,11H2,1H3/t7-/m1/s1. The van der Waals surface area contributed by atoms with Gasteiger partial charge in [-0.25, -0.2) is 0 Å². The number of aliphatic hydroxyl groups excluding tert-OH is 1. The lowest BCUT2D eigenvalue weighted by Crippen LogP contribution is -2.15. The van der Waals surface area contributed by atoms with Crippen LogP contribution in [0.25, 0.3) is 0 Å². The van der Waals surface area contributed by atoms with Gasteiger partial charge in [-0.05, 0) is 6.07 Å². The number of ether oxygens (including phenoxy) is 3. The molecule has 5 heteroatoms. The first kappa shape index (κ1) is 10.1. The van der Waals surface area contributed by atoms with Crippen molar-refractivity contribution in [2.24, 2.45) is 5.73 Å². The van der Waals surface area contributed by atoms with Crippen LogP contribution in [0.3, 0.4) is 0 Å². The number of fused-ring (bicyclic) bond motifs is 1. The third-order valence-electron chi connectivity index (χ3n) is 2.32. The van der Waals surface area contributed by atoms with Crippen LogP contribution < -0.4 is 19.9 Å². The van der Waals surface area contributed by atoms with Gasteiger partial charge in [0.2, 0.25) is 6.79 Å². The fourth-order valence-corrected chi connectivity index (χ4v) is 1.50. The van der Waals surface area contributed by atoms with Gasteiger partial charge in [-0.1, -0.05) is 0 Å². The van der Waals surface area contributed by atoms with E-state index in [4.69, 9.17) is 25.1 Å². The van der Waals surface area contributed by atoms with Crippen LogP contribution in [0.5, 0.6) is 17.2 Å². The van der Waals surface area contributed by atoms with Gasteiger partial charge in [0.25, 0.3) is 0 Å². The number of benzene rings is 1. The molecular weight excluding hydrogens is 198 g/mol. The maximum absolute atomic E-state index is 9.00. The lowest BCUT2D eigenvalue weighted by Gasteiger charge is -2.14. The molecule has 0 spiro atoms. The van der Waals surface area contributed by atoms with E-state index in [1.54, 1.807) is 19.2 Å². The molecule has 0 aliphatic carbocycles. The number of rotatable bonds is 3. The van der Waals surface area contributed by atoms with Crippen molar-refractivity contribution in [1.29, 1.82) is 0 Å². The third kappa shape index (κ3) is 1.71. The molecule has 0 bridgehead atoms. The molecule has 1 aliphatic heterocycles. The Hall–Kier alpha value is -1.46. The van der Waals surface area contributed by atoms with Crippen LogP contribution >= 0.6 is 0 Å². The van der Waals surface area contributed by atoms with E-state index in [9.17, 15) is 0 Å². The predicted molar refractivity (Wildman–Crippen MR) is 53.1 cm³/mol. The molecule has 0 saturated heterocycles. The first-order valence-electron chi connectivity index (χ1n) is 4.60. The topological polar surface area (TPSA) is 73.9 Å². The maximum Gasteiger partial charge on any atom is 0.231 e. The van der Waals surface area contributed by atoms with Gasteiger partial charge in [-0.15, -0.1) is 0 Å². The molecule has 1 aromatic rings. The van der Waals surface area contributed by atoms with E-state index in [-0.39, 0.29) is 13.4 Å². The smallest absolute Gasteiger partial charge is 0.231 e. The molecule has 0 fully saturated rings. The van der Waals surface area contributed by atoms with Crippen molar-refractivity contribution in [3.63, 3.8) is 0 Å². The fourth-order valence-electron chi connectivity index (χ4n) is 1.50. The summed E-state index contributed by atoms with van der Waals surface area (Å²) in [7, 11) is 1.55. The van der Waals surface area contributed by atoms with Gasteiger partial charge in [0.1, 0.15) is 5.75 Å². The zero-order chi connectivity index (χ0) is 10.8. The Balaban J connectivity index is 2.44. The summed E-state index contributed by atoms with van der Waals surface area (Å²) in [6.07, 6.45) is 0. The van der Waals surface area contributed by atoms with Gasteiger partial charge >= 0.3 is 0 Å². The number of hydrogen-bond donors (Lipinski definition) is 2. The first-order valence-corrected chi connectivity index (χ1v) is 4.60. The summed E-state index contributed by atoms with van der Waals surface area (Å²) in [6, 6.07) is 2.98. The van der Waals surface area contributed by atoms with Gasteiger partial charge in [-0.3, -0.25) is 0 Å². The van der Waals surface area contributed by atoms with Crippen LogP contribution in [0.2, 0.25) is 0 Å². The Morgan fingerprint density at radius 1 is 1.47 bits per heavy atom. The summed E-state index contributed by atoms with van der Waals surface area (Å²) in [5.41, 5.74) is 6.45. The summed E-state index contributed by atoms with van der Waals surface area (Å²) in [5.74, 6) is 1.87. The average molecular weight is 211 g/mol. The van der Waals surface area contributed by atoms with Gasteiger partial charge in [-0.2, -0.15) is 0 Å². The van der Waals surface area contributed by atoms with Crippen LogP contribution in [0.4, 0.5) is 0 Å². The Bertz CT molecular complexity index is 367. The van der Waals surface area contributed by atoms with Crippen LogP contribution in [-0.2, 0) is 0 Å². The van der Waals surface area contributed by atoms with E-state index in [0.29, 0.717) is 22.8 Å². The molecule has 3 N–H and O–H groups in total. The molecule has 2 rings (SSSR count). The van der Waals surface area contributed by atoms with Crippen molar-refractivity contribution in [3.05, 3.63) is 17.7 Å². The van der Waals surface area contributed by atoms with E-state index >= 15 is 0 Å². The summed E-state index contributed by atoms with van der Waals surface area (Å²) < 4.78 is 15.6. The zero-order valence-electron chi connectivity index (χ0n) is 8.40. The number of hydrogen-bond acceptors (Lipinski definition) is 5. The highest BCUT2D eigenvalue weighted by Crippen LogP contribution is 2.39. The second kappa shape index (κ2) is 3.96. The highest BCUT2D eigenvalue weighted by molar-refractivity contribution is 5.52. The van der Waals surface area contributed by atoms with E-state index in [0.717, 1.165) is 0 Å². The molecular formula is C10H13NO4. The van der Waals surface area contributed by atoms with E-state index in [1.165, 1.54) is 0 Å². The molecule has 82 valence electrons. The zero-order valence-corrected chi connectivity index (χ0v) is 8.40. The highest BCUT2D eigenvalue weighted by atomic mass is 16.7. The summed E-state index contributed by atoms with van der Waals surface area (Å²) in [5, 5.41) is 9.00. The van der Waals surface area contributed by atoms with Crippen molar-refractivity contribution in [2.45, 2.75) is 6.04 Å². The van der Waals surface area contributed by atoms with Crippen molar-refractivity contribution in [1.82, 2.24) is 0 Å². The van der Waals surface area contributed by atoms with Crippen molar-refractivity contribution < 1.29 is 19.3 Å². The van der Waals surface area contributed by atoms with Crippen LogP contribution in [0.15, 0.2) is 12.1 Å². The quantitative estimate of drug-likeness (QED) is 0.757. The minimum absolute atomic E-state index is 0.143. The lowest BCUT2D eigenvalue weighted by molar-refractivity contribution is 0.174. The van der Waals surface area contributed by atoms with Crippen molar-refractivity contribution in [3.8, 4) is 17.2 Å². The monoisotopic (exact) mass is 211 g/mol. The normalized spacial score (nSPS) is 15.1. The molecule has 1 aliphatic rings. The molecule has 0 unspecified atom stereocenters. The number of nitrogens with two attached hydrogens (primary N) is 1. The molecule has 0 amide bonds. The Morgan fingerprint density at radius 3 is 2.73 bits per heavy atom. The van der Waals surface area contributed by atoms with E-state index in [1.807, 2.05) is 0 Å². The number of methoxy groups -OCH3 is 1. The summed E-state index contributed by atoms with van der Waals surface area (Å²) in [4.78, 5) is 0. The summed E-state index contributed by atoms with van der Waals surface area (Å²) >= 11 is 0. The third-order valence-corrected chi connectivity index (χ3v) is 2.32. The van der Waals surface area contributed by atoms with E-state index < -0.39 is 6.04 Å². The van der Waals surface area contributed by atoms with Crippen molar-refractivity contribution in [2.75, 3.05) is 20.5 Å². The second-order valence-electron chi connectivity index (χ2n) is 3.24. The van der Waals surface area contributed by atoms with Gasteiger partial charge < -0.3 is 25.1 Å². The van der Waals surface area contributed by atoms with Gasteiger partial charge in [0, 0.05) is 11.6 Å². The molecule has 1 aromatic carbocycles. The summed E-state index contributed by atoms with van der Waals surface area (Å²) in [6.45, 7) is 0.0618. The molecule has 15 heavy (non-hydrogen) atoms. The molecule has 0 saturated carbocycles.